The molecule has 0 aromatic carbocycles. The van der Waals surface area contributed by atoms with Gasteiger partial charge in [-0.25, -0.2) is 0 Å². The van der Waals surface area contributed by atoms with E-state index in [1.165, 1.54) is 5.70 Å². The summed E-state index contributed by atoms with van der Waals surface area (Å²) in [5.74, 6) is 0. The van der Waals surface area contributed by atoms with E-state index in [4.69, 9.17) is 0 Å². The highest BCUT2D eigenvalue weighted by molar-refractivity contribution is 4.87. The minimum absolute atomic E-state index is 0.959. The van der Waals surface area contributed by atoms with Gasteiger partial charge in [0.15, 0.2) is 0 Å². The van der Waals surface area contributed by atoms with Gasteiger partial charge in [-0.15, -0.1) is 0 Å². The predicted molar refractivity (Wildman–Crippen MR) is 51.2 cm³/mol. The second-order valence-electron chi connectivity index (χ2n) is 3.37. The Morgan fingerprint density at radius 2 is 1.82 bits per heavy atom. The molecule has 0 N–H and O–H groups in total. The molecule has 0 saturated carbocycles. The van der Waals surface area contributed by atoms with E-state index in [2.05, 4.69) is 53.1 Å². The molecule has 0 rings (SSSR count). The monoisotopic (exact) mass is 154 g/mol. The van der Waals surface area contributed by atoms with E-state index < -0.39 is 0 Å². The molecule has 0 amide bonds. The highest BCUT2D eigenvalue weighted by Gasteiger charge is 2.14. The van der Waals surface area contributed by atoms with Gasteiger partial charge < -0.3 is 0 Å². The summed E-state index contributed by atoms with van der Waals surface area (Å²) in [4.78, 5) is 0. The molecule has 0 aliphatic heterocycles. The van der Waals surface area contributed by atoms with Gasteiger partial charge in [0.25, 0.3) is 0 Å². The molecule has 0 bridgehead atoms. The molecule has 0 unspecified atom stereocenters. The van der Waals surface area contributed by atoms with Crippen molar-refractivity contribution in [3.8, 4) is 0 Å². The Labute approximate surface area is 70.6 Å². The molecule has 1 heteroatoms. The lowest BCUT2D eigenvalue weighted by Crippen LogP contribution is -2.37. The molecule has 0 aromatic rings. The van der Waals surface area contributed by atoms with Crippen molar-refractivity contribution in [1.29, 1.82) is 0 Å². The zero-order valence-corrected chi connectivity index (χ0v) is 8.39. The van der Waals surface area contributed by atoms with Gasteiger partial charge in [0, 0.05) is 6.92 Å². The first-order valence-corrected chi connectivity index (χ1v) is 4.12. The maximum Gasteiger partial charge on any atom is 0.101 e. The molecule has 0 spiro atoms. The van der Waals surface area contributed by atoms with Crippen molar-refractivity contribution in [2.75, 3.05) is 20.6 Å². The van der Waals surface area contributed by atoms with Gasteiger partial charge in [-0.1, -0.05) is 6.08 Å². The fraction of sp³-hybridized carbons (Fsp3) is 0.600. The SMILES string of the molecule is CC=CC[N+](C)(C)C(C)=CC. The molecular formula is C10H20N+. The van der Waals surface area contributed by atoms with Crippen molar-refractivity contribution >= 4 is 0 Å². The maximum atomic E-state index is 2.22. The standard InChI is InChI=1S/C10H20N/c1-6-8-9-11(4,5)10(3)7-2/h6-8H,9H2,1-5H3/q+1. The number of likely N-dealkylation sites (N-methyl/N-ethyl adjacent to an activating group) is 1. The molecule has 0 fully saturated rings. The van der Waals surface area contributed by atoms with Crippen molar-refractivity contribution in [2.24, 2.45) is 0 Å². The van der Waals surface area contributed by atoms with Crippen LogP contribution in [0.25, 0.3) is 0 Å². The van der Waals surface area contributed by atoms with E-state index in [9.17, 15) is 0 Å². The first-order valence-electron chi connectivity index (χ1n) is 4.12. The third-order valence-electron chi connectivity index (χ3n) is 2.17. The molecule has 11 heavy (non-hydrogen) atoms. The summed E-state index contributed by atoms with van der Waals surface area (Å²) in [6.07, 6.45) is 6.47. The predicted octanol–water partition coefficient (Wildman–Crippen LogP) is 2.56. The Morgan fingerprint density at radius 3 is 2.18 bits per heavy atom. The fourth-order valence-electron chi connectivity index (χ4n) is 0.862. The number of hydrogen-bond donors (Lipinski definition) is 0. The normalized spacial score (nSPS) is 14.5. The van der Waals surface area contributed by atoms with Crippen LogP contribution in [0, 0.1) is 0 Å². The quantitative estimate of drug-likeness (QED) is 0.433. The Kier molecular flexibility index (Phi) is 4.12. The largest absolute Gasteiger partial charge is 0.297 e. The summed E-state index contributed by atoms with van der Waals surface area (Å²) in [5.41, 5.74) is 1.41. The average Bonchev–Trinajstić information content (AvgIpc) is 1.99. The van der Waals surface area contributed by atoms with Crippen LogP contribution in [-0.4, -0.2) is 25.1 Å². The van der Waals surface area contributed by atoms with E-state index in [-0.39, 0.29) is 0 Å². The van der Waals surface area contributed by atoms with E-state index in [0.29, 0.717) is 0 Å². The molecule has 0 heterocycles. The highest BCUT2D eigenvalue weighted by Crippen LogP contribution is 2.09. The Balaban J connectivity index is 4.21. The van der Waals surface area contributed by atoms with Crippen molar-refractivity contribution in [3.63, 3.8) is 0 Å². The van der Waals surface area contributed by atoms with Crippen LogP contribution in [-0.2, 0) is 0 Å². The first-order chi connectivity index (χ1) is 5.04. The first kappa shape index (κ1) is 10.4. The third-order valence-corrected chi connectivity index (χ3v) is 2.17. The summed E-state index contributed by atoms with van der Waals surface area (Å²) in [5, 5.41) is 0. The van der Waals surface area contributed by atoms with Crippen LogP contribution in [0.3, 0.4) is 0 Å². The summed E-state index contributed by atoms with van der Waals surface area (Å²) in [6, 6.07) is 0. The zero-order chi connectivity index (χ0) is 8.91. The van der Waals surface area contributed by atoms with Crippen LogP contribution in [0.1, 0.15) is 20.8 Å². The number of quaternary nitrogens is 1. The summed E-state index contributed by atoms with van der Waals surface area (Å²) < 4.78 is 0.959. The van der Waals surface area contributed by atoms with Crippen molar-refractivity contribution in [1.82, 2.24) is 0 Å². The van der Waals surface area contributed by atoms with Crippen LogP contribution in [0.2, 0.25) is 0 Å². The lowest BCUT2D eigenvalue weighted by molar-refractivity contribution is -0.846. The minimum Gasteiger partial charge on any atom is -0.297 e. The fourth-order valence-corrected chi connectivity index (χ4v) is 0.862. The lowest BCUT2D eigenvalue weighted by Gasteiger charge is -2.28. The molecule has 0 aromatic heterocycles. The van der Waals surface area contributed by atoms with Crippen LogP contribution in [0.15, 0.2) is 23.9 Å². The van der Waals surface area contributed by atoms with Crippen LogP contribution in [0.5, 0.6) is 0 Å². The maximum absolute atomic E-state index is 2.22. The van der Waals surface area contributed by atoms with Crippen LogP contribution >= 0.6 is 0 Å². The van der Waals surface area contributed by atoms with Gasteiger partial charge >= 0.3 is 0 Å². The molecular weight excluding hydrogens is 134 g/mol. The van der Waals surface area contributed by atoms with Crippen LogP contribution in [0.4, 0.5) is 0 Å². The average molecular weight is 154 g/mol. The molecule has 1 nitrogen and oxygen atoms in total. The van der Waals surface area contributed by atoms with E-state index in [1.54, 1.807) is 0 Å². The Bertz CT molecular complexity index is 164. The van der Waals surface area contributed by atoms with Crippen molar-refractivity contribution in [3.05, 3.63) is 23.9 Å². The molecule has 0 atom stereocenters. The van der Waals surface area contributed by atoms with E-state index in [1.807, 2.05) is 0 Å². The van der Waals surface area contributed by atoms with Gasteiger partial charge in [-0.05, 0) is 26.0 Å². The molecule has 0 aliphatic carbocycles. The van der Waals surface area contributed by atoms with E-state index in [0.717, 1.165) is 11.0 Å². The third kappa shape index (κ3) is 3.38. The number of hydrogen-bond acceptors (Lipinski definition) is 0. The van der Waals surface area contributed by atoms with Gasteiger partial charge in [0.1, 0.15) is 12.2 Å². The zero-order valence-electron chi connectivity index (χ0n) is 8.39. The van der Waals surface area contributed by atoms with Crippen LogP contribution < -0.4 is 0 Å². The highest BCUT2D eigenvalue weighted by atomic mass is 15.3. The minimum atomic E-state index is 0.959. The smallest absolute Gasteiger partial charge is 0.101 e. The van der Waals surface area contributed by atoms with Crippen molar-refractivity contribution in [2.45, 2.75) is 20.8 Å². The van der Waals surface area contributed by atoms with Gasteiger partial charge in [0.05, 0.1) is 14.1 Å². The molecule has 0 aliphatic rings. The van der Waals surface area contributed by atoms with Gasteiger partial charge in [-0.2, -0.15) is 0 Å². The number of nitrogens with zero attached hydrogens (tertiary/aromatic N) is 1. The Morgan fingerprint density at radius 1 is 1.27 bits per heavy atom. The van der Waals surface area contributed by atoms with Gasteiger partial charge in [0.2, 0.25) is 0 Å². The number of allylic oxidation sites excluding steroid dienone is 3. The Hall–Kier alpha value is -0.560. The summed E-state index contributed by atoms with van der Waals surface area (Å²) in [6.45, 7) is 7.40. The van der Waals surface area contributed by atoms with Crippen molar-refractivity contribution < 1.29 is 4.48 Å². The van der Waals surface area contributed by atoms with Gasteiger partial charge in [-0.3, -0.25) is 4.48 Å². The number of rotatable bonds is 3. The second kappa shape index (κ2) is 4.35. The summed E-state index contributed by atoms with van der Waals surface area (Å²) in [7, 11) is 4.44. The topological polar surface area (TPSA) is 0 Å². The lowest BCUT2D eigenvalue weighted by atomic mass is 10.3. The second-order valence-corrected chi connectivity index (χ2v) is 3.37. The molecule has 64 valence electrons. The van der Waals surface area contributed by atoms with E-state index >= 15 is 0 Å². The summed E-state index contributed by atoms with van der Waals surface area (Å²) >= 11 is 0. The molecule has 0 radical (unpaired) electrons. The molecule has 0 saturated heterocycles.